The number of carbonyl (C=O) groups is 1. The lowest BCUT2D eigenvalue weighted by Crippen LogP contribution is -2.28. The van der Waals surface area contributed by atoms with Crippen molar-refractivity contribution in [3.63, 3.8) is 0 Å². The molecule has 122 valence electrons. The zero-order valence-electron chi connectivity index (χ0n) is 12.5. The molecule has 1 aromatic carbocycles. The number of benzene rings is 1. The van der Waals surface area contributed by atoms with Gasteiger partial charge in [0.2, 0.25) is 0 Å². The fourth-order valence-corrected chi connectivity index (χ4v) is 2.51. The van der Waals surface area contributed by atoms with Crippen LogP contribution in [-0.2, 0) is 0 Å². The van der Waals surface area contributed by atoms with E-state index in [1.807, 2.05) is 0 Å². The summed E-state index contributed by atoms with van der Waals surface area (Å²) in [6.45, 7) is 1.05. The second-order valence-electron chi connectivity index (χ2n) is 4.95. The van der Waals surface area contributed by atoms with Crippen LogP contribution in [0.4, 0.5) is 10.1 Å². The van der Waals surface area contributed by atoms with Gasteiger partial charge in [0.05, 0.1) is 11.3 Å². The number of anilines is 1. The Kier molecular flexibility index (Phi) is 6.19. The van der Waals surface area contributed by atoms with Gasteiger partial charge in [-0.1, -0.05) is 35.3 Å². The quantitative estimate of drug-likeness (QED) is 0.633. The highest BCUT2D eigenvalue weighted by molar-refractivity contribution is 6.34. The first-order valence-electron chi connectivity index (χ1n) is 7.05. The lowest BCUT2D eigenvalue weighted by atomic mass is 10.2. The number of amides is 1. The van der Waals surface area contributed by atoms with Gasteiger partial charge in [-0.25, -0.2) is 9.37 Å². The third-order valence-corrected chi connectivity index (χ3v) is 3.78. The van der Waals surface area contributed by atoms with Crippen molar-refractivity contribution >= 4 is 34.8 Å². The van der Waals surface area contributed by atoms with Gasteiger partial charge in [-0.2, -0.15) is 0 Å². The molecule has 0 radical (unpaired) electrons. The third-order valence-electron chi connectivity index (χ3n) is 3.28. The molecular formula is C16H16Cl2FN3O. The van der Waals surface area contributed by atoms with E-state index >= 15 is 0 Å². The first-order valence-corrected chi connectivity index (χ1v) is 7.80. The number of halogens is 3. The summed E-state index contributed by atoms with van der Waals surface area (Å²) in [4.78, 5) is 17.6. The summed E-state index contributed by atoms with van der Waals surface area (Å²) < 4.78 is 13.6. The molecule has 0 aliphatic rings. The zero-order valence-corrected chi connectivity index (χ0v) is 14.0. The van der Waals surface area contributed by atoms with Gasteiger partial charge in [0.15, 0.2) is 0 Å². The molecule has 0 aliphatic carbocycles. The number of hydrogen-bond acceptors (Lipinski definition) is 3. The number of nitrogens with zero attached hydrogens (tertiary/aromatic N) is 2. The molecule has 1 N–H and O–H groups in total. The van der Waals surface area contributed by atoms with Gasteiger partial charge >= 0.3 is 0 Å². The van der Waals surface area contributed by atoms with Crippen LogP contribution in [-0.4, -0.2) is 31.0 Å². The van der Waals surface area contributed by atoms with Crippen molar-refractivity contribution in [2.45, 2.75) is 6.42 Å². The average molecular weight is 356 g/mol. The average Bonchev–Trinajstić information content (AvgIpc) is 2.51. The molecule has 2 rings (SSSR count). The predicted molar refractivity (Wildman–Crippen MR) is 90.9 cm³/mol. The molecule has 4 nitrogen and oxygen atoms in total. The van der Waals surface area contributed by atoms with Crippen LogP contribution in [0.1, 0.15) is 16.8 Å². The molecular weight excluding hydrogens is 340 g/mol. The van der Waals surface area contributed by atoms with Gasteiger partial charge < -0.3 is 10.2 Å². The van der Waals surface area contributed by atoms with Crippen LogP contribution in [0.5, 0.6) is 0 Å². The van der Waals surface area contributed by atoms with Crippen LogP contribution >= 0.6 is 23.2 Å². The minimum atomic E-state index is -0.312. The molecule has 0 atom stereocenters. The third kappa shape index (κ3) is 4.81. The Labute approximate surface area is 144 Å². The van der Waals surface area contributed by atoms with Crippen molar-refractivity contribution < 1.29 is 9.18 Å². The van der Waals surface area contributed by atoms with E-state index in [1.54, 1.807) is 30.1 Å². The Hall–Kier alpha value is -1.85. The van der Waals surface area contributed by atoms with Crippen LogP contribution in [0.15, 0.2) is 36.4 Å². The van der Waals surface area contributed by atoms with E-state index in [0.717, 1.165) is 0 Å². The van der Waals surface area contributed by atoms with Crippen molar-refractivity contribution in [1.29, 1.82) is 0 Å². The minimum absolute atomic E-state index is 0.0680. The van der Waals surface area contributed by atoms with E-state index in [0.29, 0.717) is 25.2 Å². The van der Waals surface area contributed by atoms with Crippen LogP contribution in [0.25, 0.3) is 0 Å². The van der Waals surface area contributed by atoms with Crippen LogP contribution in [0.2, 0.25) is 10.3 Å². The fourth-order valence-electron chi connectivity index (χ4n) is 2.08. The number of hydrogen-bond donors (Lipinski definition) is 1. The monoisotopic (exact) mass is 355 g/mol. The van der Waals surface area contributed by atoms with E-state index in [-0.39, 0.29) is 27.6 Å². The van der Waals surface area contributed by atoms with Crippen LogP contribution in [0.3, 0.4) is 0 Å². The first kappa shape index (κ1) is 17.5. The fraction of sp³-hybridized carbons (Fsp3) is 0.250. The largest absolute Gasteiger partial charge is 0.372 e. The molecule has 1 aromatic heterocycles. The van der Waals surface area contributed by atoms with E-state index in [4.69, 9.17) is 23.2 Å². The maximum absolute atomic E-state index is 13.6. The SMILES string of the molecule is CN(CCCNC(=O)c1ccc(Cl)nc1Cl)c1ccccc1F. The number of pyridine rings is 1. The van der Waals surface area contributed by atoms with Gasteiger partial charge in [-0.3, -0.25) is 4.79 Å². The number of carbonyl (C=O) groups excluding carboxylic acids is 1. The van der Waals surface area contributed by atoms with Crippen molar-refractivity contribution in [2.75, 3.05) is 25.0 Å². The van der Waals surface area contributed by atoms with Crippen molar-refractivity contribution in [3.8, 4) is 0 Å². The molecule has 1 heterocycles. The Morgan fingerprint density at radius 3 is 2.70 bits per heavy atom. The Morgan fingerprint density at radius 1 is 1.26 bits per heavy atom. The summed E-state index contributed by atoms with van der Waals surface area (Å²) >= 11 is 11.6. The molecule has 0 aliphatic heterocycles. The van der Waals surface area contributed by atoms with Crippen molar-refractivity contribution in [1.82, 2.24) is 10.3 Å². The van der Waals surface area contributed by atoms with E-state index < -0.39 is 0 Å². The highest BCUT2D eigenvalue weighted by Crippen LogP contribution is 2.17. The highest BCUT2D eigenvalue weighted by atomic mass is 35.5. The topological polar surface area (TPSA) is 45.2 Å². The van der Waals surface area contributed by atoms with Crippen LogP contribution < -0.4 is 10.2 Å². The standard InChI is InChI=1S/C16H16Cl2FN3O/c1-22(13-6-3-2-5-12(13)19)10-4-9-20-16(23)11-7-8-14(17)21-15(11)18/h2-3,5-8H,4,9-10H2,1H3,(H,20,23). The Bertz CT molecular complexity index is 697. The number of para-hydroxylation sites is 1. The lowest BCUT2D eigenvalue weighted by molar-refractivity contribution is 0.0953. The Balaban J connectivity index is 1.81. The number of rotatable bonds is 6. The summed E-state index contributed by atoms with van der Waals surface area (Å²) in [5.41, 5.74) is 0.808. The molecule has 2 aromatic rings. The minimum Gasteiger partial charge on any atom is -0.372 e. The second-order valence-corrected chi connectivity index (χ2v) is 5.70. The Morgan fingerprint density at radius 2 is 2.00 bits per heavy atom. The normalized spacial score (nSPS) is 10.4. The van der Waals surface area contributed by atoms with E-state index in [2.05, 4.69) is 10.3 Å². The molecule has 0 saturated heterocycles. The lowest BCUT2D eigenvalue weighted by Gasteiger charge is -2.19. The van der Waals surface area contributed by atoms with E-state index in [9.17, 15) is 9.18 Å². The van der Waals surface area contributed by atoms with E-state index in [1.165, 1.54) is 18.2 Å². The highest BCUT2D eigenvalue weighted by Gasteiger charge is 2.11. The number of aromatic nitrogens is 1. The summed E-state index contributed by atoms with van der Waals surface area (Å²) in [7, 11) is 1.81. The van der Waals surface area contributed by atoms with Crippen LogP contribution in [0, 0.1) is 5.82 Å². The second kappa shape index (κ2) is 8.13. The van der Waals surface area contributed by atoms with Gasteiger partial charge in [-0.05, 0) is 30.7 Å². The molecule has 0 fully saturated rings. The smallest absolute Gasteiger partial charge is 0.254 e. The molecule has 1 amide bonds. The van der Waals surface area contributed by atoms with Gasteiger partial charge in [-0.15, -0.1) is 0 Å². The van der Waals surface area contributed by atoms with Gasteiger partial charge in [0, 0.05) is 20.1 Å². The van der Waals surface area contributed by atoms with Crippen molar-refractivity contribution in [2.24, 2.45) is 0 Å². The molecule has 7 heteroatoms. The molecule has 0 spiro atoms. The summed E-state index contributed by atoms with van der Waals surface area (Å²) in [6.07, 6.45) is 0.662. The van der Waals surface area contributed by atoms with Gasteiger partial charge in [0.1, 0.15) is 16.1 Å². The first-order chi connectivity index (χ1) is 11.0. The summed E-state index contributed by atoms with van der Waals surface area (Å²) in [5.74, 6) is -0.578. The predicted octanol–water partition coefficient (Wildman–Crippen LogP) is 3.78. The zero-order chi connectivity index (χ0) is 16.8. The van der Waals surface area contributed by atoms with Crippen molar-refractivity contribution in [3.05, 3.63) is 58.1 Å². The van der Waals surface area contributed by atoms with Gasteiger partial charge in [0.25, 0.3) is 5.91 Å². The molecule has 0 saturated carbocycles. The molecule has 0 unspecified atom stereocenters. The molecule has 0 bridgehead atoms. The maximum atomic E-state index is 13.6. The summed E-state index contributed by atoms with van der Waals surface area (Å²) in [5, 5.41) is 3.06. The number of nitrogens with one attached hydrogen (secondary N) is 1. The maximum Gasteiger partial charge on any atom is 0.254 e. The molecule has 23 heavy (non-hydrogen) atoms. The summed E-state index contributed by atoms with van der Waals surface area (Å²) in [6, 6.07) is 9.60.